The molecule has 11 heteroatoms. The van der Waals surface area contributed by atoms with E-state index in [0.717, 1.165) is 10.4 Å². The number of ether oxygens (including phenoxy) is 2. The number of morpholine rings is 1. The fourth-order valence-corrected chi connectivity index (χ4v) is 4.42. The highest BCUT2D eigenvalue weighted by atomic mass is 32.2. The molecule has 2 aliphatic heterocycles. The summed E-state index contributed by atoms with van der Waals surface area (Å²) in [6, 6.07) is 1.16. The van der Waals surface area contributed by atoms with E-state index in [2.05, 4.69) is 0 Å². The summed E-state index contributed by atoms with van der Waals surface area (Å²) in [5, 5.41) is 8.97. The van der Waals surface area contributed by atoms with Gasteiger partial charge in [0.25, 0.3) is 5.91 Å². The van der Waals surface area contributed by atoms with Crippen molar-refractivity contribution in [1.82, 2.24) is 9.03 Å². The van der Waals surface area contributed by atoms with Crippen LogP contribution in [0.2, 0.25) is 0 Å². The highest BCUT2D eigenvalue weighted by Gasteiger charge is 2.45. The maximum Gasteiger partial charge on any atom is 0.338 e. The average Bonchev–Trinajstić information content (AvgIpc) is 3.19. The zero-order valence-corrected chi connectivity index (χ0v) is 14.6. The van der Waals surface area contributed by atoms with Gasteiger partial charge in [0.2, 0.25) is 0 Å². The molecule has 1 aromatic rings. The Labute approximate surface area is 148 Å². The van der Waals surface area contributed by atoms with Crippen molar-refractivity contribution in [2.75, 3.05) is 19.8 Å². The van der Waals surface area contributed by atoms with Gasteiger partial charge in [0.15, 0.2) is 0 Å². The Morgan fingerprint density at radius 3 is 2.69 bits per heavy atom. The van der Waals surface area contributed by atoms with Crippen molar-refractivity contribution in [3.05, 3.63) is 29.1 Å². The van der Waals surface area contributed by atoms with E-state index in [0.29, 0.717) is 12.5 Å². The molecule has 9 nitrogen and oxygen atoms in total. The van der Waals surface area contributed by atoms with Crippen LogP contribution in [-0.2, 0) is 14.9 Å². The molecule has 3 rings (SSSR count). The zero-order chi connectivity index (χ0) is 19.1. The van der Waals surface area contributed by atoms with Crippen molar-refractivity contribution in [2.45, 2.75) is 25.5 Å². The molecule has 2 atom stereocenters. The molecule has 0 aromatic heterocycles. The number of rotatable bonds is 6. The Morgan fingerprint density at radius 1 is 1.42 bits per heavy atom. The number of aromatic carboxylic acids is 1. The van der Waals surface area contributed by atoms with Gasteiger partial charge in [0.1, 0.15) is 11.6 Å². The molecular weight excluding hydrogens is 371 g/mol. The number of nitrogens with one attached hydrogen (secondary N) is 1. The first-order valence-electron chi connectivity index (χ1n) is 7.88. The summed E-state index contributed by atoms with van der Waals surface area (Å²) in [6.07, 6.45) is 0.360. The number of fused-ring (bicyclic) bond motifs is 2. The van der Waals surface area contributed by atoms with Crippen molar-refractivity contribution >= 4 is 22.1 Å². The average molecular weight is 388 g/mol. The first-order chi connectivity index (χ1) is 12.2. The largest absolute Gasteiger partial charge is 0.493 e. The number of carbonyl (C=O) groups excluding carboxylic acids is 1. The van der Waals surface area contributed by atoms with Crippen LogP contribution in [0.15, 0.2) is 12.1 Å². The molecule has 1 amide bonds. The van der Waals surface area contributed by atoms with Crippen molar-refractivity contribution in [1.29, 1.82) is 0 Å². The Bertz CT molecular complexity index is 858. The third kappa shape index (κ3) is 3.37. The van der Waals surface area contributed by atoms with Crippen LogP contribution in [0.5, 0.6) is 5.75 Å². The summed E-state index contributed by atoms with van der Waals surface area (Å²) in [6.45, 7) is 2.05. The number of carbonyl (C=O) groups is 2. The first-order valence-corrected chi connectivity index (χ1v) is 9.32. The van der Waals surface area contributed by atoms with Crippen molar-refractivity contribution in [3.8, 4) is 5.75 Å². The second-order valence-electron chi connectivity index (χ2n) is 5.92. The second kappa shape index (κ2) is 6.82. The van der Waals surface area contributed by atoms with Crippen LogP contribution < -0.4 is 9.46 Å². The van der Waals surface area contributed by atoms with E-state index >= 15 is 0 Å². The molecule has 2 bridgehead atoms. The van der Waals surface area contributed by atoms with Gasteiger partial charge < -0.3 is 14.6 Å². The molecular formula is C15H17FN2O7S. The fraction of sp³-hybridized carbons (Fsp3) is 0.467. The van der Waals surface area contributed by atoms with Gasteiger partial charge >= 0.3 is 16.2 Å². The molecule has 2 saturated heterocycles. The quantitative estimate of drug-likeness (QED) is 0.722. The number of carboxylic acids is 1. The topological polar surface area (TPSA) is 122 Å². The summed E-state index contributed by atoms with van der Waals surface area (Å²) < 4.78 is 52.4. The molecule has 0 unspecified atom stereocenters. The maximum absolute atomic E-state index is 13.9. The lowest BCUT2D eigenvalue weighted by Crippen LogP contribution is -2.49. The van der Waals surface area contributed by atoms with E-state index in [1.54, 1.807) is 6.92 Å². The van der Waals surface area contributed by atoms with Crippen LogP contribution in [0, 0.1) is 5.82 Å². The molecule has 142 valence electrons. The number of benzene rings is 1. The van der Waals surface area contributed by atoms with Gasteiger partial charge in [0, 0.05) is 6.54 Å². The number of amides is 1. The Balaban J connectivity index is 1.87. The molecule has 0 spiro atoms. The molecule has 2 aliphatic rings. The van der Waals surface area contributed by atoms with E-state index in [9.17, 15) is 22.4 Å². The summed E-state index contributed by atoms with van der Waals surface area (Å²) >= 11 is 0. The molecule has 26 heavy (non-hydrogen) atoms. The standard InChI is InChI=1S/C15H17FN2O7S/c1-2-24-13-5-10(15(20)21)12(16)4-11(13)14(19)17-26(22,23)18-6-9-3-8(18)7-25-9/h4-5,8-9H,2-3,6-7H2,1H3,(H,17,19)(H,20,21)/t8-,9-/m0/s1. The van der Waals surface area contributed by atoms with E-state index < -0.39 is 39.0 Å². The summed E-state index contributed by atoms with van der Waals surface area (Å²) in [5.74, 6) is -4.02. The minimum Gasteiger partial charge on any atom is -0.493 e. The van der Waals surface area contributed by atoms with Gasteiger partial charge in [-0.15, -0.1) is 0 Å². The predicted octanol–water partition coefficient (Wildman–Crippen LogP) is 0.370. The zero-order valence-electron chi connectivity index (χ0n) is 13.8. The number of halogens is 1. The van der Waals surface area contributed by atoms with Crippen molar-refractivity contribution in [2.24, 2.45) is 0 Å². The normalized spacial score (nSPS) is 22.4. The van der Waals surface area contributed by atoms with Crippen LogP contribution in [0.1, 0.15) is 34.1 Å². The Kier molecular flexibility index (Phi) is 4.86. The number of carboxylic acid groups (broad SMARTS) is 1. The molecule has 1 aromatic carbocycles. The third-order valence-electron chi connectivity index (χ3n) is 4.22. The number of hydrogen-bond donors (Lipinski definition) is 2. The second-order valence-corrected chi connectivity index (χ2v) is 7.54. The van der Waals surface area contributed by atoms with Crippen LogP contribution in [0.4, 0.5) is 4.39 Å². The van der Waals surface area contributed by atoms with Crippen LogP contribution in [0.25, 0.3) is 0 Å². The molecule has 2 N–H and O–H groups in total. The molecule has 0 saturated carbocycles. The monoisotopic (exact) mass is 388 g/mol. The number of hydrogen-bond acceptors (Lipinski definition) is 6. The third-order valence-corrected chi connectivity index (χ3v) is 5.73. The van der Waals surface area contributed by atoms with Gasteiger partial charge in [0.05, 0.1) is 36.5 Å². The van der Waals surface area contributed by atoms with Gasteiger partial charge in [-0.1, -0.05) is 0 Å². The molecule has 2 fully saturated rings. The van der Waals surface area contributed by atoms with Crippen LogP contribution in [-0.4, -0.2) is 61.6 Å². The summed E-state index contributed by atoms with van der Waals surface area (Å²) in [4.78, 5) is 23.4. The highest BCUT2D eigenvalue weighted by molar-refractivity contribution is 7.87. The lowest BCUT2D eigenvalue weighted by molar-refractivity contribution is 0.0601. The van der Waals surface area contributed by atoms with Gasteiger partial charge in [-0.25, -0.2) is 13.9 Å². The van der Waals surface area contributed by atoms with Crippen LogP contribution >= 0.6 is 0 Å². The SMILES string of the molecule is CCOc1cc(C(=O)O)c(F)cc1C(=O)NS(=O)(=O)N1C[C@@H]2C[C@H]1CO2. The minimum absolute atomic E-state index is 0.0743. The minimum atomic E-state index is -4.15. The maximum atomic E-state index is 13.9. The highest BCUT2D eigenvalue weighted by Crippen LogP contribution is 2.30. The van der Waals surface area contributed by atoms with Crippen molar-refractivity contribution in [3.63, 3.8) is 0 Å². The predicted molar refractivity (Wildman–Crippen MR) is 85.8 cm³/mol. The Hall–Kier alpha value is -2.24. The lowest BCUT2D eigenvalue weighted by atomic mass is 10.1. The van der Waals surface area contributed by atoms with E-state index in [-0.39, 0.29) is 37.7 Å². The molecule has 2 heterocycles. The number of nitrogens with zero attached hydrogens (tertiary/aromatic N) is 1. The van der Waals surface area contributed by atoms with Crippen molar-refractivity contribution < 1.29 is 37.0 Å². The lowest BCUT2D eigenvalue weighted by Gasteiger charge is -2.26. The van der Waals surface area contributed by atoms with Gasteiger partial charge in [-0.2, -0.15) is 12.7 Å². The molecule has 0 radical (unpaired) electrons. The van der Waals surface area contributed by atoms with Gasteiger partial charge in [-0.3, -0.25) is 4.79 Å². The smallest absolute Gasteiger partial charge is 0.338 e. The van der Waals surface area contributed by atoms with Gasteiger partial charge in [-0.05, 0) is 25.5 Å². The van der Waals surface area contributed by atoms with E-state index in [1.165, 1.54) is 0 Å². The Morgan fingerprint density at radius 2 is 2.15 bits per heavy atom. The molecule has 0 aliphatic carbocycles. The van der Waals surface area contributed by atoms with Crippen LogP contribution in [0.3, 0.4) is 0 Å². The summed E-state index contributed by atoms with van der Waals surface area (Å²) in [7, 11) is -4.15. The van der Waals surface area contributed by atoms with E-state index in [4.69, 9.17) is 14.6 Å². The summed E-state index contributed by atoms with van der Waals surface area (Å²) in [5.41, 5.74) is -1.08. The first kappa shape index (κ1) is 18.5. The fourth-order valence-electron chi connectivity index (χ4n) is 3.06. The van der Waals surface area contributed by atoms with E-state index in [1.807, 2.05) is 4.72 Å².